The fraction of sp³-hybridized carbons (Fsp3) is 0.733. The van der Waals surface area contributed by atoms with E-state index in [1.54, 1.807) is 10.4 Å². The summed E-state index contributed by atoms with van der Waals surface area (Å²) in [6.45, 7) is 3.49. The predicted molar refractivity (Wildman–Crippen MR) is 86.0 cm³/mol. The van der Waals surface area contributed by atoms with Crippen molar-refractivity contribution in [1.82, 2.24) is 9.62 Å². The monoisotopic (exact) mass is 328 g/mol. The van der Waals surface area contributed by atoms with Crippen LogP contribution in [-0.2, 0) is 16.6 Å². The quantitative estimate of drug-likeness (QED) is 0.904. The van der Waals surface area contributed by atoms with Crippen molar-refractivity contribution in [2.45, 2.75) is 68.3 Å². The van der Waals surface area contributed by atoms with E-state index < -0.39 is 10.0 Å². The average molecular weight is 329 g/mol. The lowest BCUT2D eigenvalue weighted by molar-refractivity contribution is 0.343. The zero-order valence-corrected chi connectivity index (χ0v) is 14.2. The van der Waals surface area contributed by atoms with E-state index in [1.807, 2.05) is 13.0 Å². The fourth-order valence-electron chi connectivity index (χ4n) is 2.85. The lowest BCUT2D eigenvalue weighted by Crippen LogP contribution is -2.37. The van der Waals surface area contributed by atoms with E-state index in [9.17, 15) is 8.42 Å². The number of thiophene rings is 1. The molecule has 118 valence electrons. The van der Waals surface area contributed by atoms with Gasteiger partial charge in [-0.3, -0.25) is 0 Å². The molecule has 1 atom stereocenters. The van der Waals surface area contributed by atoms with E-state index >= 15 is 0 Å². The lowest BCUT2D eigenvalue weighted by atomic mass is 10.1. The van der Waals surface area contributed by atoms with Gasteiger partial charge in [0.25, 0.3) is 10.0 Å². The maximum atomic E-state index is 12.8. The molecule has 0 aromatic carbocycles. The molecule has 6 heteroatoms. The highest BCUT2D eigenvalue weighted by atomic mass is 32.2. The smallest absolute Gasteiger partial charge is 0.252 e. The van der Waals surface area contributed by atoms with Crippen LogP contribution in [0.15, 0.2) is 16.3 Å². The van der Waals surface area contributed by atoms with Crippen LogP contribution in [0.3, 0.4) is 0 Å². The highest BCUT2D eigenvalue weighted by Gasteiger charge is 2.31. The van der Waals surface area contributed by atoms with Gasteiger partial charge in [-0.1, -0.05) is 12.8 Å². The molecule has 1 aliphatic heterocycles. The van der Waals surface area contributed by atoms with Gasteiger partial charge in [0.1, 0.15) is 4.21 Å². The summed E-state index contributed by atoms with van der Waals surface area (Å²) in [4.78, 5) is 1.11. The summed E-state index contributed by atoms with van der Waals surface area (Å²) in [5.74, 6) is 0. The Hall–Kier alpha value is -0.430. The first-order chi connectivity index (χ1) is 10.1. The minimum absolute atomic E-state index is 0.118. The molecule has 1 unspecified atom stereocenters. The second-order valence-corrected chi connectivity index (χ2v) is 9.48. The van der Waals surface area contributed by atoms with Crippen LogP contribution in [0.25, 0.3) is 0 Å². The van der Waals surface area contributed by atoms with Crippen molar-refractivity contribution in [2.75, 3.05) is 6.54 Å². The van der Waals surface area contributed by atoms with Gasteiger partial charge in [-0.05, 0) is 44.7 Å². The van der Waals surface area contributed by atoms with Gasteiger partial charge in [0.15, 0.2) is 0 Å². The molecule has 1 saturated heterocycles. The van der Waals surface area contributed by atoms with Gasteiger partial charge in [-0.25, -0.2) is 8.42 Å². The molecule has 0 bridgehead atoms. The number of rotatable bonds is 5. The zero-order valence-electron chi connectivity index (χ0n) is 12.5. The summed E-state index contributed by atoms with van der Waals surface area (Å²) < 4.78 is 27.9. The highest BCUT2D eigenvalue weighted by Crippen LogP contribution is 2.29. The summed E-state index contributed by atoms with van der Waals surface area (Å²) in [7, 11) is -3.31. The number of nitrogens with one attached hydrogen (secondary N) is 1. The minimum atomic E-state index is -3.31. The molecular formula is C15H24N2O2S2. The Morgan fingerprint density at radius 3 is 2.81 bits per heavy atom. The molecule has 21 heavy (non-hydrogen) atoms. The molecule has 1 aliphatic carbocycles. The number of sulfonamides is 1. The highest BCUT2D eigenvalue weighted by molar-refractivity contribution is 7.91. The van der Waals surface area contributed by atoms with Crippen LogP contribution in [0, 0.1) is 0 Å². The molecule has 1 N–H and O–H groups in total. The summed E-state index contributed by atoms with van der Waals surface area (Å²) in [5.41, 5.74) is 0. The molecule has 0 radical (unpaired) electrons. The first-order valence-electron chi connectivity index (χ1n) is 7.91. The Morgan fingerprint density at radius 2 is 2.05 bits per heavy atom. The average Bonchev–Trinajstić information content (AvgIpc) is 3.19. The summed E-state index contributed by atoms with van der Waals surface area (Å²) >= 11 is 1.42. The van der Waals surface area contributed by atoms with Crippen LogP contribution in [0.2, 0.25) is 0 Å². The molecule has 2 heterocycles. The third-order valence-corrected chi connectivity index (χ3v) is 7.90. The van der Waals surface area contributed by atoms with Crippen molar-refractivity contribution in [3.63, 3.8) is 0 Å². The first kappa shape index (κ1) is 15.5. The Bertz CT molecular complexity index is 578. The Balaban J connectivity index is 1.73. The molecule has 3 rings (SSSR count). The normalized spacial score (nSPS) is 24.9. The van der Waals surface area contributed by atoms with E-state index in [1.165, 1.54) is 24.2 Å². The van der Waals surface area contributed by atoms with E-state index in [2.05, 4.69) is 5.32 Å². The molecule has 1 aromatic heterocycles. The van der Waals surface area contributed by atoms with Crippen molar-refractivity contribution in [1.29, 1.82) is 0 Å². The van der Waals surface area contributed by atoms with Gasteiger partial charge in [0.05, 0.1) is 0 Å². The fourth-order valence-corrected chi connectivity index (χ4v) is 5.98. The molecule has 2 fully saturated rings. The Kier molecular flexibility index (Phi) is 4.69. The number of nitrogens with zero attached hydrogens (tertiary/aromatic N) is 1. The largest absolute Gasteiger partial charge is 0.309 e. The molecule has 2 aliphatic rings. The van der Waals surface area contributed by atoms with Crippen molar-refractivity contribution in [3.05, 3.63) is 17.0 Å². The molecule has 0 amide bonds. The lowest BCUT2D eigenvalue weighted by Gasteiger charge is -2.25. The second kappa shape index (κ2) is 6.36. The van der Waals surface area contributed by atoms with Crippen molar-refractivity contribution < 1.29 is 8.42 Å². The molecule has 1 saturated carbocycles. The van der Waals surface area contributed by atoms with Crippen molar-refractivity contribution in [2.24, 2.45) is 0 Å². The van der Waals surface area contributed by atoms with E-state index in [0.717, 1.165) is 37.1 Å². The van der Waals surface area contributed by atoms with Crippen LogP contribution >= 0.6 is 11.3 Å². The van der Waals surface area contributed by atoms with Gasteiger partial charge in [0.2, 0.25) is 0 Å². The van der Waals surface area contributed by atoms with Gasteiger partial charge in [-0.2, -0.15) is 4.31 Å². The molecular weight excluding hydrogens is 304 g/mol. The van der Waals surface area contributed by atoms with Crippen molar-refractivity contribution in [3.8, 4) is 0 Å². The van der Waals surface area contributed by atoms with Gasteiger partial charge in [-0.15, -0.1) is 11.3 Å². The second-order valence-electron chi connectivity index (χ2n) is 6.19. The van der Waals surface area contributed by atoms with Gasteiger partial charge >= 0.3 is 0 Å². The maximum absolute atomic E-state index is 12.8. The van der Waals surface area contributed by atoms with Gasteiger partial charge < -0.3 is 5.32 Å². The van der Waals surface area contributed by atoms with Crippen LogP contribution in [0.5, 0.6) is 0 Å². The first-order valence-corrected chi connectivity index (χ1v) is 10.2. The van der Waals surface area contributed by atoms with E-state index in [0.29, 0.717) is 16.8 Å². The van der Waals surface area contributed by atoms with E-state index in [-0.39, 0.29) is 6.04 Å². The molecule has 1 aromatic rings. The molecule has 4 nitrogen and oxygen atoms in total. The van der Waals surface area contributed by atoms with Crippen LogP contribution in [0.4, 0.5) is 0 Å². The summed E-state index contributed by atoms with van der Waals surface area (Å²) in [6.07, 6.45) is 6.72. The number of hydrogen-bond acceptors (Lipinski definition) is 4. The topological polar surface area (TPSA) is 49.4 Å². The Labute approximate surface area is 131 Å². The standard InChI is InChI=1S/C15H24N2O2S2/c1-12-5-3-2-4-10-17(12)21(18,19)15-9-8-14(20-15)11-16-13-6-7-13/h8-9,12-13,16H,2-7,10-11H2,1H3. The zero-order chi connectivity index (χ0) is 14.9. The summed E-state index contributed by atoms with van der Waals surface area (Å²) in [6, 6.07) is 4.50. The third-order valence-electron chi connectivity index (χ3n) is 4.33. The predicted octanol–water partition coefficient (Wildman–Crippen LogP) is 2.95. The maximum Gasteiger partial charge on any atom is 0.252 e. The van der Waals surface area contributed by atoms with Crippen LogP contribution in [0.1, 0.15) is 50.3 Å². The Morgan fingerprint density at radius 1 is 1.24 bits per heavy atom. The SMILES string of the molecule is CC1CCCCCN1S(=O)(=O)c1ccc(CNC2CC2)s1. The van der Waals surface area contributed by atoms with Crippen LogP contribution < -0.4 is 5.32 Å². The van der Waals surface area contributed by atoms with Crippen LogP contribution in [-0.4, -0.2) is 31.4 Å². The van der Waals surface area contributed by atoms with E-state index in [4.69, 9.17) is 0 Å². The van der Waals surface area contributed by atoms with Gasteiger partial charge in [0, 0.05) is 30.1 Å². The van der Waals surface area contributed by atoms with Crippen molar-refractivity contribution >= 4 is 21.4 Å². The minimum Gasteiger partial charge on any atom is -0.309 e. The number of hydrogen-bond donors (Lipinski definition) is 1. The molecule has 0 spiro atoms. The third kappa shape index (κ3) is 3.67. The summed E-state index contributed by atoms with van der Waals surface area (Å²) in [5, 5.41) is 3.44.